The number of carbonyl (C=O) groups excluding carboxylic acids is 3. The molecule has 0 saturated heterocycles. The predicted molar refractivity (Wildman–Crippen MR) is 105 cm³/mol. The van der Waals surface area contributed by atoms with Crippen LogP contribution < -0.4 is 5.32 Å². The van der Waals surface area contributed by atoms with Gasteiger partial charge in [0.05, 0.1) is 24.8 Å². The van der Waals surface area contributed by atoms with Crippen LogP contribution in [0.1, 0.15) is 15.9 Å². The van der Waals surface area contributed by atoms with Gasteiger partial charge >= 0.3 is 11.9 Å². The average molecular weight is 377 g/mol. The van der Waals surface area contributed by atoms with Crippen molar-refractivity contribution in [2.24, 2.45) is 0 Å². The standard InChI is InChI=1S/C22H19NO5/c1-27-22(26)18-11-4-5-12-19(18)23-20(24)14-28-21(25)13-16-9-6-8-15-7-2-3-10-17(15)16/h2-12H,13-14H2,1H3,(H,23,24). The van der Waals surface area contributed by atoms with E-state index >= 15 is 0 Å². The minimum atomic E-state index is -0.566. The number of nitrogens with one attached hydrogen (secondary N) is 1. The molecule has 0 aliphatic rings. The molecule has 28 heavy (non-hydrogen) atoms. The van der Waals surface area contributed by atoms with Crippen LogP contribution in [-0.2, 0) is 25.5 Å². The number of ether oxygens (including phenoxy) is 2. The van der Waals surface area contributed by atoms with Crippen molar-refractivity contribution in [1.82, 2.24) is 0 Å². The normalized spacial score (nSPS) is 10.3. The zero-order valence-electron chi connectivity index (χ0n) is 15.3. The van der Waals surface area contributed by atoms with Crippen molar-refractivity contribution in [3.8, 4) is 0 Å². The highest BCUT2D eigenvalue weighted by molar-refractivity contribution is 6.02. The molecule has 6 heteroatoms. The molecule has 0 saturated carbocycles. The molecule has 0 heterocycles. The van der Waals surface area contributed by atoms with E-state index in [4.69, 9.17) is 4.74 Å². The molecule has 3 aromatic carbocycles. The summed E-state index contributed by atoms with van der Waals surface area (Å²) in [5, 5.41) is 4.56. The smallest absolute Gasteiger partial charge is 0.339 e. The number of benzene rings is 3. The quantitative estimate of drug-likeness (QED) is 0.666. The molecule has 3 aromatic rings. The van der Waals surface area contributed by atoms with Crippen molar-refractivity contribution in [2.75, 3.05) is 19.0 Å². The Morgan fingerprint density at radius 1 is 0.893 bits per heavy atom. The lowest BCUT2D eigenvalue weighted by molar-refractivity contribution is -0.146. The van der Waals surface area contributed by atoms with Crippen LogP contribution in [-0.4, -0.2) is 31.6 Å². The zero-order valence-corrected chi connectivity index (χ0v) is 15.3. The first-order chi connectivity index (χ1) is 13.6. The second-order valence-electron chi connectivity index (χ2n) is 6.06. The third-order valence-electron chi connectivity index (χ3n) is 4.19. The van der Waals surface area contributed by atoms with Gasteiger partial charge in [-0.1, -0.05) is 54.6 Å². The Hall–Kier alpha value is -3.67. The first-order valence-electron chi connectivity index (χ1n) is 8.68. The van der Waals surface area contributed by atoms with Crippen molar-refractivity contribution < 1.29 is 23.9 Å². The summed E-state index contributed by atoms with van der Waals surface area (Å²) in [5.74, 6) is -1.61. The lowest BCUT2D eigenvalue weighted by Crippen LogP contribution is -2.22. The lowest BCUT2D eigenvalue weighted by atomic mass is 10.0. The molecular weight excluding hydrogens is 358 g/mol. The van der Waals surface area contributed by atoms with Gasteiger partial charge in [0.15, 0.2) is 6.61 Å². The molecule has 0 bridgehead atoms. The van der Waals surface area contributed by atoms with Crippen molar-refractivity contribution in [3.63, 3.8) is 0 Å². The van der Waals surface area contributed by atoms with E-state index in [0.29, 0.717) is 5.69 Å². The molecule has 0 aliphatic heterocycles. The molecule has 1 N–H and O–H groups in total. The maximum Gasteiger partial charge on any atom is 0.339 e. The van der Waals surface area contributed by atoms with Crippen molar-refractivity contribution in [1.29, 1.82) is 0 Å². The molecule has 0 aliphatic carbocycles. The minimum Gasteiger partial charge on any atom is -0.465 e. The second-order valence-corrected chi connectivity index (χ2v) is 6.06. The van der Waals surface area contributed by atoms with E-state index in [2.05, 4.69) is 10.1 Å². The Kier molecular flexibility index (Phi) is 6.01. The Morgan fingerprint density at radius 3 is 2.43 bits per heavy atom. The van der Waals surface area contributed by atoms with Gasteiger partial charge in [-0.3, -0.25) is 9.59 Å². The van der Waals surface area contributed by atoms with E-state index in [-0.39, 0.29) is 12.0 Å². The number of methoxy groups -OCH3 is 1. The first-order valence-corrected chi connectivity index (χ1v) is 8.68. The van der Waals surface area contributed by atoms with Crippen LogP contribution in [0.2, 0.25) is 0 Å². The van der Waals surface area contributed by atoms with Gasteiger partial charge in [-0.2, -0.15) is 0 Å². The highest BCUT2D eigenvalue weighted by Crippen LogP contribution is 2.19. The third kappa shape index (κ3) is 4.54. The topological polar surface area (TPSA) is 81.7 Å². The summed E-state index contributed by atoms with van der Waals surface area (Å²) in [5.41, 5.74) is 1.35. The minimum absolute atomic E-state index is 0.0629. The molecule has 3 rings (SSSR count). The van der Waals surface area contributed by atoms with Crippen LogP contribution in [0.3, 0.4) is 0 Å². The van der Waals surface area contributed by atoms with Gasteiger partial charge in [0, 0.05) is 0 Å². The van der Waals surface area contributed by atoms with Crippen LogP contribution in [0, 0.1) is 0 Å². The fraction of sp³-hybridized carbons (Fsp3) is 0.136. The van der Waals surface area contributed by atoms with Gasteiger partial charge in [0.25, 0.3) is 5.91 Å². The Labute approximate surface area is 162 Å². The van der Waals surface area contributed by atoms with E-state index in [0.717, 1.165) is 16.3 Å². The molecular formula is C22H19NO5. The van der Waals surface area contributed by atoms with Crippen LogP contribution >= 0.6 is 0 Å². The fourth-order valence-corrected chi connectivity index (χ4v) is 2.87. The predicted octanol–water partition coefficient (Wildman–Crippen LogP) is 3.35. The van der Waals surface area contributed by atoms with Crippen LogP contribution in [0.5, 0.6) is 0 Å². The summed E-state index contributed by atoms with van der Waals surface area (Å²) in [6, 6.07) is 19.9. The zero-order chi connectivity index (χ0) is 19.9. The van der Waals surface area contributed by atoms with E-state index in [1.807, 2.05) is 42.5 Å². The highest BCUT2D eigenvalue weighted by atomic mass is 16.5. The summed E-state index contributed by atoms with van der Waals surface area (Å²) >= 11 is 0. The van der Waals surface area contributed by atoms with Crippen LogP contribution in [0.4, 0.5) is 5.69 Å². The number of anilines is 1. The SMILES string of the molecule is COC(=O)c1ccccc1NC(=O)COC(=O)Cc1cccc2ccccc12. The van der Waals surface area contributed by atoms with E-state index in [1.165, 1.54) is 13.2 Å². The summed E-state index contributed by atoms with van der Waals surface area (Å²) in [6.45, 7) is -0.445. The van der Waals surface area contributed by atoms with E-state index in [1.54, 1.807) is 18.2 Å². The van der Waals surface area contributed by atoms with Crippen molar-refractivity contribution in [3.05, 3.63) is 77.9 Å². The average Bonchev–Trinajstić information content (AvgIpc) is 2.72. The summed E-state index contributed by atoms with van der Waals surface area (Å²) in [7, 11) is 1.26. The van der Waals surface area contributed by atoms with Crippen LogP contribution in [0.15, 0.2) is 66.7 Å². The number of rotatable bonds is 6. The van der Waals surface area contributed by atoms with Crippen LogP contribution in [0.25, 0.3) is 10.8 Å². The maximum absolute atomic E-state index is 12.2. The van der Waals surface area contributed by atoms with Gasteiger partial charge in [0.2, 0.25) is 0 Å². The highest BCUT2D eigenvalue weighted by Gasteiger charge is 2.15. The number of fused-ring (bicyclic) bond motifs is 1. The monoisotopic (exact) mass is 377 g/mol. The number of esters is 2. The summed E-state index contributed by atoms with van der Waals surface area (Å²) in [6.07, 6.45) is 0.0629. The van der Waals surface area contributed by atoms with Gasteiger partial charge in [0.1, 0.15) is 0 Å². The lowest BCUT2D eigenvalue weighted by Gasteiger charge is -2.10. The van der Waals surface area contributed by atoms with Gasteiger partial charge in [-0.25, -0.2) is 4.79 Å². The summed E-state index contributed by atoms with van der Waals surface area (Å²) in [4.78, 5) is 36.0. The van der Waals surface area contributed by atoms with E-state index in [9.17, 15) is 14.4 Å². The van der Waals surface area contributed by atoms with Gasteiger partial charge in [-0.15, -0.1) is 0 Å². The molecule has 142 valence electrons. The molecule has 0 unspecified atom stereocenters. The Balaban J connectivity index is 1.59. The largest absolute Gasteiger partial charge is 0.465 e. The molecule has 0 spiro atoms. The van der Waals surface area contributed by atoms with Crippen molar-refractivity contribution >= 4 is 34.3 Å². The number of carbonyl (C=O) groups is 3. The van der Waals surface area contributed by atoms with Gasteiger partial charge in [-0.05, 0) is 28.5 Å². The number of hydrogen-bond donors (Lipinski definition) is 1. The summed E-state index contributed by atoms with van der Waals surface area (Å²) < 4.78 is 9.77. The molecule has 0 aromatic heterocycles. The number of para-hydroxylation sites is 1. The Morgan fingerprint density at radius 2 is 1.61 bits per heavy atom. The molecule has 1 amide bonds. The fourth-order valence-electron chi connectivity index (χ4n) is 2.87. The molecule has 0 atom stereocenters. The first kappa shape index (κ1) is 19.1. The van der Waals surface area contributed by atoms with Gasteiger partial charge < -0.3 is 14.8 Å². The maximum atomic E-state index is 12.2. The van der Waals surface area contributed by atoms with Crippen molar-refractivity contribution in [2.45, 2.75) is 6.42 Å². The third-order valence-corrected chi connectivity index (χ3v) is 4.19. The van der Waals surface area contributed by atoms with E-state index < -0.39 is 24.5 Å². The number of amides is 1. The molecule has 6 nitrogen and oxygen atoms in total. The Bertz CT molecular complexity index is 1020. The molecule has 0 fully saturated rings. The number of hydrogen-bond acceptors (Lipinski definition) is 5. The molecule has 0 radical (unpaired) electrons. The second kappa shape index (κ2) is 8.81.